The number of carboxylic acid groups (broad SMARTS) is 1. The second-order valence-electron chi connectivity index (χ2n) is 4.28. The molecule has 0 radical (unpaired) electrons. The summed E-state index contributed by atoms with van der Waals surface area (Å²) in [5, 5.41) is 24.8. The van der Waals surface area contributed by atoms with Crippen LogP contribution < -0.4 is 0 Å². The molecule has 0 spiro atoms. The highest BCUT2D eigenvalue weighted by atomic mass is 16.4. The van der Waals surface area contributed by atoms with Gasteiger partial charge in [0.2, 0.25) is 0 Å². The Morgan fingerprint density at radius 1 is 1.50 bits per heavy atom. The zero-order valence-electron chi connectivity index (χ0n) is 9.69. The smallest absolute Gasteiger partial charge is 0.325 e. The molecule has 1 aromatic heterocycles. The molecule has 0 aromatic carbocycles. The third-order valence-corrected chi connectivity index (χ3v) is 2.89. The predicted molar refractivity (Wildman–Crippen MR) is 58.8 cm³/mol. The van der Waals surface area contributed by atoms with Crippen LogP contribution in [0.2, 0.25) is 0 Å². The molecule has 1 amide bonds. The molecule has 1 aliphatic rings. The van der Waals surface area contributed by atoms with Crippen LogP contribution in [0.25, 0.3) is 0 Å². The number of amides is 1. The maximum atomic E-state index is 12.0. The molecule has 18 heavy (non-hydrogen) atoms. The second kappa shape index (κ2) is 5.13. The van der Waals surface area contributed by atoms with Crippen LogP contribution in [0.3, 0.4) is 0 Å². The first-order chi connectivity index (χ1) is 8.60. The Labute approximate surface area is 103 Å². The zero-order chi connectivity index (χ0) is 13.1. The Morgan fingerprint density at radius 3 is 2.89 bits per heavy atom. The van der Waals surface area contributed by atoms with Crippen molar-refractivity contribution in [3.05, 3.63) is 11.9 Å². The first-order valence-electron chi connectivity index (χ1n) is 5.62. The number of aliphatic hydroxyl groups is 1. The van der Waals surface area contributed by atoms with Gasteiger partial charge in [0.1, 0.15) is 6.54 Å². The molecule has 1 atom stereocenters. The molecule has 1 aromatic rings. The zero-order valence-corrected chi connectivity index (χ0v) is 9.69. The number of hydrogen-bond donors (Lipinski definition) is 2. The number of aromatic nitrogens is 3. The van der Waals surface area contributed by atoms with Crippen molar-refractivity contribution in [2.24, 2.45) is 5.92 Å². The van der Waals surface area contributed by atoms with Gasteiger partial charge in [0.05, 0.1) is 6.20 Å². The van der Waals surface area contributed by atoms with Crippen LogP contribution in [0.1, 0.15) is 16.9 Å². The lowest BCUT2D eigenvalue weighted by Gasteiger charge is -2.13. The standard InChI is InChI=1S/C10H14N4O4/c15-6-7-1-2-13(3-7)10(18)8-4-14(12-11-8)5-9(16)17/h4,7,15H,1-3,5-6H2,(H,16,17). The van der Waals surface area contributed by atoms with Crippen LogP contribution in [-0.2, 0) is 11.3 Å². The molecule has 1 fully saturated rings. The van der Waals surface area contributed by atoms with Gasteiger partial charge in [-0.25, -0.2) is 4.68 Å². The van der Waals surface area contributed by atoms with Crippen molar-refractivity contribution in [1.29, 1.82) is 0 Å². The fraction of sp³-hybridized carbons (Fsp3) is 0.600. The van der Waals surface area contributed by atoms with Crippen molar-refractivity contribution >= 4 is 11.9 Å². The number of aliphatic hydroxyl groups excluding tert-OH is 1. The number of likely N-dealkylation sites (tertiary alicyclic amines) is 1. The van der Waals surface area contributed by atoms with Gasteiger partial charge in [0, 0.05) is 25.6 Å². The summed E-state index contributed by atoms with van der Waals surface area (Å²) in [7, 11) is 0. The molecule has 98 valence electrons. The van der Waals surface area contributed by atoms with Crippen molar-refractivity contribution < 1.29 is 19.8 Å². The number of carboxylic acids is 1. The van der Waals surface area contributed by atoms with E-state index in [0.717, 1.165) is 11.1 Å². The van der Waals surface area contributed by atoms with Crippen LogP contribution in [0.5, 0.6) is 0 Å². The highest BCUT2D eigenvalue weighted by Crippen LogP contribution is 2.17. The molecule has 2 heterocycles. The van der Waals surface area contributed by atoms with Crippen molar-refractivity contribution in [1.82, 2.24) is 19.9 Å². The summed E-state index contributed by atoms with van der Waals surface area (Å²) in [5.41, 5.74) is 0.134. The molecule has 8 heteroatoms. The summed E-state index contributed by atoms with van der Waals surface area (Å²) in [6, 6.07) is 0. The molecular weight excluding hydrogens is 240 g/mol. The van der Waals surface area contributed by atoms with Crippen LogP contribution >= 0.6 is 0 Å². The van der Waals surface area contributed by atoms with E-state index < -0.39 is 5.97 Å². The fourth-order valence-electron chi connectivity index (χ4n) is 1.94. The van der Waals surface area contributed by atoms with E-state index in [1.54, 1.807) is 4.90 Å². The summed E-state index contributed by atoms with van der Waals surface area (Å²) in [4.78, 5) is 24.1. The molecular formula is C10H14N4O4. The third kappa shape index (κ3) is 2.65. The predicted octanol–water partition coefficient (Wildman–Crippen LogP) is -1.18. The van der Waals surface area contributed by atoms with E-state index in [4.69, 9.17) is 10.2 Å². The lowest BCUT2D eigenvalue weighted by molar-refractivity contribution is -0.137. The van der Waals surface area contributed by atoms with Crippen LogP contribution in [0, 0.1) is 5.92 Å². The average molecular weight is 254 g/mol. The number of carbonyl (C=O) groups is 2. The quantitative estimate of drug-likeness (QED) is 0.700. The van der Waals surface area contributed by atoms with E-state index in [-0.39, 0.29) is 30.7 Å². The van der Waals surface area contributed by atoms with Gasteiger partial charge in [-0.3, -0.25) is 9.59 Å². The minimum Gasteiger partial charge on any atom is -0.480 e. The maximum Gasteiger partial charge on any atom is 0.325 e. The molecule has 1 saturated heterocycles. The van der Waals surface area contributed by atoms with Gasteiger partial charge < -0.3 is 15.1 Å². The van der Waals surface area contributed by atoms with E-state index >= 15 is 0 Å². The summed E-state index contributed by atoms with van der Waals surface area (Å²) in [5.74, 6) is -1.20. The largest absolute Gasteiger partial charge is 0.480 e. The molecule has 1 aliphatic heterocycles. The average Bonchev–Trinajstić information content (AvgIpc) is 2.95. The molecule has 2 N–H and O–H groups in total. The van der Waals surface area contributed by atoms with Gasteiger partial charge in [-0.15, -0.1) is 5.10 Å². The Balaban J connectivity index is 2.01. The molecule has 8 nitrogen and oxygen atoms in total. The summed E-state index contributed by atoms with van der Waals surface area (Å²) in [6.07, 6.45) is 2.09. The summed E-state index contributed by atoms with van der Waals surface area (Å²) in [6.45, 7) is 0.825. The SMILES string of the molecule is O=C(O)Cn1cc(C(=O)N2CCC(CO)C2)nn1. The van der Waals surface area contributed by atoms with E-state index in [9.17, 15) is 9.59 Å². The van der Waals surface area contributed by atoms with Gasteiger partial charge in [-0.1, -0.05) is 5.21 Å². The topological polar surface area (TPSA) is 109 Å². The molecule has 0 saturated carbocycles. The highest BCUT2D eigenvalue weighted by Gasteiger charge is 2.27. The monoisotopic (exact) mass is 254 g/mol. The number of hydrogen-bond acceptors (Lipinski definition) is 5. The second-order valence-corrected chi connectivity index (χ2v) is 4.28. The Hall–Kier alpha value is -1.96. The number of aliphatic carboxylic acids is 1. The van der Waals surface area contributed by atoms with Gasteiger partial charge in [-0.05, 0) is 6.42 Å². The minimum absolute atomic E-state index is 0.0650. The lowest BCUT2D eigenvalue weighted by Crippen LogP contribution is -2.29. The molecule has 0 aliphatic carbocycles. The van der Waals surface area contributed by atoms with E-state index in [1.165, 1.54) is 6.20 Å². The number of carbonyl (C=O) groups excluding carboxylic acids is 1. The Bertz CT molecular complexity index is 458. The van der Waals surface area contributed by atoms with Crippen molar-refractivity contribution in [3.63, 3.8) is 0 Å². The van der Waals surface area contributed by atoms with E-state index in [1.807, 2.05) is 0 Å². The highest BCUT2D eigenvalue weighted by molar-refractivity contribution is 5.92. The maximum absolute atomic E-state index is 12.0. The summed E-state index contributed by atoms with van der Waals surface area (Å²) >= 11 is 0. The normalized spacial score (nSPS) is 19.2. The van der Waals surface area contributed by atoms with Gasteiger partial charge in [0.15, 0.2) is 5.69 Å². The van der Waals surface area contributed by atoms with Crippen LogP contribution in [0.15, 0.2) is 6.20 Å². The van der Waals surface area contributed by atoms with Crippen molar-refractivity contribution in [3.8, 4) is 0 Å². The number of nitrogens with zero attached hydrogens (tertiary/aromatic N) is 4. The van der Waals surface area contributed by atoms with Gasteiger partial charge >= 0.3 is 5.97 Å². The van der Waals surface area contributed by atoms with E-state index in [0.29, 0.717) is 13.1 Å². The first-order valence-corrected chi connectivity index (χ1v) is 5.62. The molecule has 2 rings (SSSR count). The Kier molecular flexibility index (Phi) is 3.56. The van der Waals surface area contributed by atoms with Gasteiger partial charge in [-0.2, -0.15) is 0 Å². The third-order valence-electron chi connectivity index (χ3n) is 2.89. The van der Waals surface area contributed by atoms with Crippen molar-refractivity contribution in [2.45, 2.75) is 13.0 Å². The van der Waals surface area contributed by atoms with Crippen LogP contribution in [0.4, 0.5) is 0 Å². The number of rotatable bonds is 4. The molecule has 0 bridgehead atoms. The minimum atomic E-state index is -1.04. The Morgan fingerprint density at radius 2 is 2.28 bits per heavy atom. The van der Waals surface area contributed by atoms with Crippen molar-refractivity contribution in [2.75, 3.05) is 19.7 Å². The summed E-state index contributed by atoms with van der Waals surface area (Å²) < 4.78 is 1.11. The fourth-order valence-corrected chi connectivity index (χ4v) is 1.94. The lowest BCUT2D eigenvalue weighted by atomic mass is 10.1. The van der Waals surface area contributed by atoms with E-state index in [2.05, 4.69) is 10.3 Å². The first kappa shape index (κ1) is 12.5. The molecule has 1 unspecified atom stereocenters. The van der Waals surface area contributed by atoms with Crippen LogP contribution in [-0.4, -0.2) is 61.7 Å². The van der Waals surface area contributed by atoms with Gasteiger partial charge in [0.25, 0.3) is 5.91 Å².